The van der Waals surface area contributed by atoms with Gasteiger partial charge in [0.25, 0.3) is 0 Å². The first kappa shape index (κ1) is 17.9. The fraction of sp³-hybridized carbons (Fsp3) is 0.667. The summed E-state index contributed by atoms with van der Waals surface area (Å²) in [5, 5.41) is 17.6. The third-order valence-corrected chi connectivity index (χ3v) is 2.57. The molecule has 0 bridgehead atoms. The van der Waals surface area contributed by atoms with E-state index in [4.69, 9.17) is 14.9 Å². The van der Waals surface area contributed by atoms with Crippen molar-refractivity contribution in [3.05, 3.63) is 24.3 Å². The van der Waals surface area contributed by atoms with Crippen LogP contribution in [0.25, 0.3) is 0 Å². The Hall–Kier alpha value is -1.13. The topological polar surface area (TPSA) is 66.8 Å². The highest BCUT2D eigenvalue weighted by Gasteiger charge is 2.09. The van der Waals surface area contributed by atoms with Crippen molar-refractivity contribution in [1.82, 2.24) is 0 Å². The number of unbranched alkanes of at least 4 members (excludes halogenated alkanes) is 1. The van der Waals surface area contributed by atoms with Gasteiger partial charge >= 0.3 is 5.97 Å². The molecule has 110 valence electrons. The summed E-state index contributed by atoms with van der Waals surface area (Å²) in [6, 6.07) is 0. The summed E-state index contributed by atoms with van der Waals surface area (Å²) in [4.78, 5) is 11.3. The predicted molar refractivity (Wildman–Crippen MR) is 75.7 cm³/mol. The van der Waals surface area contributed by atoms with E-state index in [-0.39, 0.29) is 31.7 Å². The molecule has 0 aliphatic heterocycles. The second kappa shape index (κ2) is 13.3. The molecule has 4 heteroatoms. The molecular formula is C15H26O4. The van der Waals surface area contributed by atoms with Crippen LogP contribution in [0.4, 0.5) is 0 Å². The molecule has 0 spiro atoms. The second-order valence-corrected chi connectivity index (χ2v) is 4.42. The van der Waals surface area contributed by atoms with Crippen molar-refractivity contribution in [3.63, 3.8) is 0 Å². The highest BCUT2D eigenvalue weighted by Crippen LogP contribution is 2.00. The highest BCUT2D eigenvalue weighted by molar-refractivity contribution is 5.69. The molecule has 0 aromatic heterocycles. The fourth-order valence-electron chi connectivity index (χ4n) is 1.32. The summed E-state index contributed by atoms with van der Waals surface area (Å²) in [7, 11) is 0. The van der Waals surface area contributed by atoms with E-state index in [9.17, 15) is 4.79 Å². The minimum atomic E-state index is -0.372. The number of aliphatic hydroxyl groups is 2. The maximum Gasteiger partial charge on any atom is 0.306 e. The smallest absolute Gasteiger partial charge is 0.306 e. The van der Waals surface area contributed by atoms with E-state index >= 15 is 0 Å². The highest BCUT2D eigenvalue weighted by atomic mass is 16.5. The summed E-state index contributed by atoms with van der Waals surface area (Å²) in [5.74, 6) is -0.665. The lowest BCUT2D eigenvalue weighted by Crippen LogP contribution is -2.20. The number of esters is 1. The van der Waals surface area contributed by atoms with Crippen LogP contribution in [0.5, 0.6) is 0 Å². The van der Waals surface area contributed by atoms with Crippen LogP contribution in [0.2, 0.25) is 0 Å². The largest absolute Gasteiger partial charge is 0.465 e. The van der Waals surface area contributed by atoms with E-state index in [0.29, 0.717) is 12.8 Å². The lowest BCUT2D eigenvalue weighted by Gasteiger charge is -2.10. The Balaban J connectivity index is 3.54. The molecule has 0 aromatic carbocycles. The first-order valence-corrected chi connectivity index (χ1v) is 6.91. The molecule has 0 unspecified atom stereocenters. The summed E-state index contributed by atoms with van der Waals surface area (Å²) >= 11 is 0. The molecule has 2 N–H and O–H groups in total. The standard InChI is InChI=1S/C15H26O4/c1-2-3-4-5-6-7-8-9-10-15(18)19-13-14(11-16)12-17/h4-5,7-8,14,16-17H,2-3,6,9-13H2,1H3/b5-4-,8-7-. The van der Waals surface area contributed by atoms with Gasteiger partial charge in [0.1, 0.15) is 0 Å². The van der Waals surface area contributed by atoms with Gasteiger partial charge in [-0.15, -0.1) is 0 Å². The monoisotopic (exact) mass is 270 g/mol. The van der Waals surface area contributed by atoms with Crippen molar-refractivity contribution in [3.8, 4) is 0 Å². The van der Waals surface area contributed by atoms with E-state index in [1.54, 1.807) is 0 Å². The quantitative estimate of drug-likeness (QED) is 0.446. The zero-order valence-corrected chi connectivity index (χ0v) is 11.8. The van der Waals surface area contributed by atoms with Crippen molar-refractivity contribution in [1.29, 1.82) is 0 Å². The summed E-state index contributed by atoms with van der Waals surface area (Å²) in [6.45, 7) is 1.88. The third kappa shape index (κ3) is 11.7. The van der Waals surface area contributed by atoms with E-state index in [0.717, 1.165) is 19.3 Å². The van der Waals surface area contributed by atoms with Crippen LogP contribution < -0.4 is 0 Å². The molecule has 4 nitrogen and oxygen atoms in total. The Bertz CT molecular complexity index is 267. The van der Waals surface area contributed by atoms with Gasteiger partial charge in [-0.3, -0.25) is 4.79 Å². The van der Waals surface area contributed by atoms with Crippen LogP contribution in [-0.4, -0.2) is 36.0 Å². The van der Waals surface area contributed by atoms with E-state index in [1.807, 2.05) is 12.2 Å². The molecule has 0 heterocycles. The molecule has 0 aliphatic rings. The Kier molecular flexibility index (Phi) is 12.5. The Morgan fingerprint density at radius 1 is 1.11 bits per heavy atom. The normalized spacial score (nSPS) is 11.8. The van der Waals surface area contributed by atoms with Gasteiger partial charge in [0.15, 0.2) is 0 Å². The molecule has 0 saturated carbocycles. The van der Waals surface area contributed by atoms with Crippen LogP contribution in [-0.2, 0) is 9.53 Å². The minimum Gasteiger partial charge on any atom is -0.465 e. The first-order chi connectivity index (χ1) is 9.24. The number of aliphatic hydroxyl groups excluding tert-OH is 2. The SMILES string of the molecule is CCC/C=C\C/C=C\CCC(=O)OCC(CO)CO. The molecule has 0 fully saturated rings. The van der Waals surface area contributed by atoms with Gasteiger partial charge in [-0.25, -0.2) is 0 Å². The number of hydrogen-bond donors (Lipinski definition) is 2. The zero-order valence-electron chi connectivity index (χ0n) is 11.8. The molecule has 0 rings (SSSR count). The van der Waals surface area contributed by atoms with E-state index in [2.05, 4.69) is 19.1 Å². The Morgan fingerprint density at radius 3 is 2.32 bits per heavy atom. The second-order valence-electron chi connectivity index (χ2n) is 4.42. The summed E-state index contributed by atoms with van der Waals surface area (Å²) in [5.41, 5.74) is 0. The number of allylic oxidation sites excluding steroid dienone is 4. The van der Waals surface area contributed by atoms with Crippen molar-refractivity contribution in [2.24, 2.45) is 5.92 Å². The van der Waals surface area contributed by atoms with Crippen molar-refractivity contribution < 1.29 is 19.7 Å². The fourth-order valence-corrected chi connectivity index (χ4v) is 1.32. The van der Waals surface area contributed by atoms with Crippen LogP contribution in [0.1, 0.15) is 39.0 Å². The molecule has 0 aromatic rings. The average molecular weight is 270 g/mol. The van der Waals surface area contributed by atoms with Crippen LogP contribution in [0.15, 0.2) is 24.3 Å². The van der Waals surface area contributed by atoms with Gasteiger partial charge in [-0.2, -0.15) is 0 Å². The predicted octanol–water partition coefficient (Wildman–Crippen LogP) is 2.21. The van der Waals surface area contributed by atoms with E-state index < -0.39 is 0 Å². The van der Waals surface area contributed by atoms with Gasteiger partial charge in [0.2, 0.25) is 0 Å². The lowest BCUT2D eigenvalue weighted by atomic mass is 10.2. The van der Waals surface area contributed by atoms with Crippen LogP contribution in [0.3, 0.4) is 0 Å². The average Bonchev–Trinajstić information content (AvgIpc) is 2.43. The zero-order chi connectivity index (χ0) is 14.3. The molecular weight excluding hydrogens is 244 g/mol. The number of rotatable bonds is 11. The van der Waals surface area contributed by atoms with Gasteiger partial charge < -0.3 is 14.9 Å². The number of hydrogen-bond acceptors (Lipinski definition) is 4. The molecule has 19 heavy (non-hydrogen) atoms. The molecule has 0 radical (unpaired) electrons. The molecule has 0 aliphatic carbocycles. The lowest BCUT2D eigenvalue weighted by molar-refractivity contribution is -0.145. The number of carbonyl (C=O) groups excluding carboxylic acids is 1. The maximum atomic E-state index is 11.3. The van der Waals surface area contributed by atoms with E-state index in [1.165, 1.54) is 0 Å². The maximum absolute atomic E-state index is 11.3. The van der Waals surface area contributed by atoms with Crippen LogP contribution >= 0.6 is 0 Å². The Morgan fingerprint density at radius 2 is 1.74 bits per heavy atom. The molecule has 0 saturated heterocycles. The number of carbonyl (C=O) groups is 1. The van der Waals surface area contributed by atoms with Crippen molar-refractivity contribution in [2.75, 3.05) is 19.8 Å². The number of ether oxygens (including phenoxy) is 1. The van der Waals surface area contributed by atoms with Crippen molar-refractivity contribution >= 4 is 5.97 Å². The summed E-state index contributed by atoms with van der Waals surface area (Å²) in [6.07, 6.45) is 12.4. The van der Waals surface area contributed by atoms with Crippen molar-refractivity contribution in [2.45, 2.75) is 39.0 Å². The molecule has 0 amide bonds. The van der Waals surface area contributed by atoms with Gasteiger partial charge in [0, 0.05) is 12.3 Å². The Labute approximate surface area is 115 Å². The first-order valence-electron chi connectivity index (χ1n) is 6.91. The minimum absolute atomic E-state index is 0.0787. The van der Waals surface area contributed by atoms with Gasteiger partial charge in [0.05, 0.1) is 19.8 Å². The third-order valence-electron chi connectivity index (χ3n) is 2.57. The summed E-state index contributed by atoms with van der Waals surface area (Å²) < 4.78 is 4.94. The molecule has 0 atom stereocenters. The van der Waals surface area contributed by atoms with Gasteiger partial charge in [-0.1, -0.05) is 37.6 Å². The van der Waals surface area contributed by atoms with Crippen LogP contribution in [0, 0.1) is 5.92 Å². The van der Waals surface area contributed by atoms with Gasteiger partial charge in [-0.05, 0) is 19.3 Å².